The highest BCUT2D eigenvalue weighted by Gasteiger charge is 2.44. The highest BCUT2D eigenvalue weighted by atomic mass is 16.7. The Bertz CT molecular complexity index is 947. The van der Waals surface area contributed by atoms with Crippen LogP contribution in [0.25, 0.3) is 0 Å². The van der Waals surface area contributed by atoms with E-state index in [-0.39, 0.29) is 12.5 Å². The Labute approximate surface area is 296 Å². The fourth-order valence-electron chi connectivity index (χ4n) is 5.40. The number of ether oxygens (including phenoxy) is 2. The lowest BCUT2D eigenvalue weighted by Crippen LogP contribution is -2.60. The summed E-state index contributed by atoms with van der Waals surface area (Å²) in [4.78, 5) is 12.8. The minimum atomic E-state index is -1.58. The normalized spacial score (nSPS) is 23.1. The van der Waals surface area contributed by atoms with Crippen LogP contribution in [-0.2, 0) is 14.3 Å². The smallest absolute Gasteiger partial charge is 0.220 e. The molecule has 1 amide bonds. The second kappa shape index (κ2) is 30.7. The first-order chi connectivity index (χ1) is 23.8. The molecule has 1 aliphatic rings. The fourth-order valence-corrected chi connectivity index (χ4v) is 5.40. The Balaban J connectivity index is 2.50. The maximum absolute atomic E-state index is 12.8. The molecule has 0 aromatic carbocycles. The van der Waals surface area contributed by atoms with E-state index in [2.05, 4.69) is 67.8 Å². The Hall–Kier alpha value is -2.11. The van der Waals surface area contributed by atoms with Crippen LogP contribution in [0.4, 0.5) is 0 Å². The van der Waals surface area contributed by atoms with Gasteiger partial charge in [0.25, 0.3) is 0 Å². The van der Waals surface area contributed by atoms with Crippen LogP contribution in [0.15, 0.2) is 60.8 Å². The van der Waals surface area contributed by atoms with E-state index >= 15 is 0 Å². The molecule has 0 radical (unpaired) electrons. The molecule has 9 heteroatoms. The minimum Gasteiger partial charge on any atom is -0.394 e. The number of rotatable bonds is 29. The molecule has 282 valence electrons. The molecule has 1 aliphatic heterocycles. The highest BCUT2D eigenvalue weighted by Crippen LogP contribution is 2.22. The minimum absolute atomic E-state index is 0.212. The quantitative estimate of drug-likeness (QED) is 0.0385. The van der Waals surface area contributed by atoms with Crippen molar-refractivity contribution in [2.24, 2.45) is 0 Å². The summed E-state index contributed by atoms with van der Waals surface area (Å²) in [5, 5.41) is 53.8. The van der Waals surface area contributed by atoms with Crippen molar-refractivity contribution in [3.8, 4) is 0 Å². The van der Waals surface area contributed by atoms with Crippen LogP contribution in [-0.4, -0.2) is 87.5 Å². The topological polar surface area (TPSA) is 149 Å². The van der Waals surface area contributed by atoms with Crippen LogP contribution < -0.4 is 5.32 Å². The van der Waals surface area contributed by atoms with E-state index in [0.717, 1.165) is 83.5 Å². The van der Waals surface area contributed by atoms with Crippen molar-refractivity contribution in [3.63, 3.8) is 0 Å². The second-order valence-corrected chi connectivity index (χ2v) is 13.0. The first kappa shape index (κ1) is 44.9. The van der Waals surface area contributed by atoms with Crippen molar-refractivity contribution in [3.05, 3.63) is 60.8 Å². The summed E-state index contributed by atoms with van der Waals surface area (Å²) in [6, 6.07) is -0.834. The standard InChI is InChI=1S/C40H69NO8/c1-3-5-7-9-11-13-15-16-17-18-20-22-24-26-28-30-36(44)41-33(32-48-40-39(47)38(46)37(45)35(31-42)49-40)34(43)29-27-25-23-21-19-14-12-10-8-6-4-2/h8,10-11,13,16-17,19,21,27,29,33-35,37-40,42-43,45-47H,3-7,9,12,14-15,18,20,22-26,28,30-32H2,1-2H3,(H,41,44)/b10-8+,13-11-,17-16-,21-19+,29-27+. The number of carbonyl (C=O) groups excluding carboxylic acids is 1. The van der Waals surface area contributed by atoms with Crippen molar-refractivity contribution in [2.75, 3.05) is 13.2 Å². The molecule has 0 aromatic heterocycles. The summed E-state index contributed by atoms with van der Waals surface area (Å²) in [7, 11) is 0. The van der Waals surface area contributed by atoms with Gasteiger partial charge in [-0.15, -0.1) is 0 Å². The third-order valence-corrected chi connectivity index (χ3v) is 8.52. The second-order valence-electron chi connectivity index (χ2n) is 13.0. The number of hydrogen-bond donors (Lipinski definition) is 6. The van der Waals surface area contributed by atoms with Crippen molar-refractivity contribution in [1.82, 2.24) is 5.32 Å². The number of amides is 1. The molecule has 0 aromatic rings. The van der Waals surface area contributed by atoms with Gasteiger partial charge >= 0.3 is 0 Å². The zero-order chi connectivity index (χ0) is 36.0. The third-order valence-electron chi connectivity index (χ3n) is 8.52. The Morgan fingerprint density at radius 3 is 1.90 bits per heavy atom. The van der Waals surface area contributed by atoms with Crippen LogP contribution in [0.2, 0.25) is 0 Å². The number of allylic oxidation sites excluding steroid dienone is 9. The van der Waals surface area contributed by atoms with Gasteiger partial charge in [0.05, 0.1) is 25.4 Å². The van der Waals surface area contributed by atoms with Gasteiger partial charge < -0.3 is 40.3 Å². The Kier molecular flexibility index (Phi) is 28.1. The summed E-state index contributed by atoms with van der Waals surface area (Å²) in [6.07, 6.45) is 31.2. The van der Waals surface area contributed by atoms with Gasteiger partial charge in [0.15, 0.2) is 6.29 Å². The molecule has 1 fully saturated rings. The third kappa shape index (κ3) is 22.4. The van der Waals surface area contributed by atoms with Gasteiger partial charge in [0.2, 0.25) is 5.91 Å². The Morgan fingerprint density at radius 2 is 1.27 bits per heavy atom. The van der Waals surface area contributed by atoms with E-state index in [4.69, 9.17) is 9.47 Å². The fraction of sp³-hybridized carbons (Fsp3) is 0.725. The number of aliphatic hydroxyl groups excluding tert-OH is 5. The van der Waals surface area contributed by atoms with E-state index in [1.165, 1.54) is 25.7 Å². The average molecular weight is 692 g/mol. The summed E-state index contributed by atoms with van der Waals surface area (Å²) in [5.74, 6) is -0.212. The van der Waals surface area contributed by atoms with Gasteiger partial charge in [-0.1, -0.05) is 113 Å². The van der Waals surface area contributed by atoms with Crippen LogP contribution in [0.5, 0.6) is 0 Å². The van der Waals surface area contributed by atoms with Crippen LogP contribution in [0.1, 0.15) is 129 Å². The summed E-state index contributed by atoms with van der Waals surface area (Å²) in [6.45, 7) is 3.60. The molecule has 0 aliphatic carbocycles. The molecular weight excluding hydrogens is 622 g/mol. The predicted octanol–water partition coefficient (Wildman–Crippen LogP) is 6.49. The zero-order valence-corrected chi connectivity index (χ0v) is 30.4. The molecule has 1 rings (SSSR count). The lowest BCUT2D eigenvalue weighted by molar-refractivity contribution is -0.302. The molecule has 1 saturated heterocycles. The molecule has 7 unspecified atom stereocenters. The SMILES string of the molecule is CCC/C=C/CC/C=C/CC/C=C/C(O)C(COC1OC(CO)C(O)C(O)C1O)NC(=O)CCCCCCC/C=C\C/C=C\CCCCC. The summed E-state index contributed by atoms with van der Waals surface area (Å²) < 4.78 is 11.1. The maximum atomic E-state index is 12.8. The molecule has 6 N–H and O–H groups in total. The molecule has 1 heterocycles. The highest BCUT2D eigenvalue weighted by molar-refractivity contribution is 5.76. The van der Waals surface area contributed by atoms with Crippen molar-refractivity contribution < 1.29 is 39.8 Å². The molecule has 0 bridgehead atoms. The number of carbonyl (C=O) groups is 1. The lowest BCUT2D eigenvalue weighted by atomic mass is 9.99. The zero-order valence-electron chi connectivity index (χ0n) is 30.4. The average Bonchev–Trinajstić information content (AvgIpc) is 3.10. The first-order valence-corrected chi connectivity index (χ1v) is 19.0. The molecule has 0 saturated carbocycles. The van der Waals surface area contributed by atoms with Gasteiger partial charge in [-0.2, -0.15) is 0 Å². The monoisotopic (exact) mass is 692 g/mol. The van der Waals surface area contributed by atoms with E-state index in [0.29, 0.717) is 6.42 Å². The molecule has 7 atom stereocenters. The lowest BCUT2D eigenvalue weighted by Gasteiger charge is -2.40. The van der Waals surface area contributed by atoms with Crippen molar-refractivity contribution in [2.45, 2.75) is 172 Å². The molecular formula is C40H69NO8. The van der Waals surface area contributed by atoms with Crippen LogP contribution >= 0.6 is 0 Å². The molecule has 49 heavy (non-hydrogen) atoms. The summed E-state index contributed by atoms with van der Waals surface area (Å²) in [5.41, 5.74) is 0. The largest absolute Gasteiger partial charge is 0.394 e. The number of hydrogen-bond acceptors (Lipinski definition) is 8. The van der Waals surface area contributed by atoms with E-state index in [9.17, 15) is 30.3 Å². The first-order valence-electron chi connectivity index (χ1n) is 19.0. The van der Waals surface area contributed by atoms with Gasteiger partial charge in [-0.05, 0) is 70.6 Å². The molecule has 9 nitrogen and oxygen atoms in total. The van der Waals surface area contributed by atoms with E-state index in [1.807, 2.05) is 6.08 Å². The van der Waals surface area contributed by atoms with Gasteiger partial charge in [-0.3, -0.25) is 4.79 Å². The molecule has 0 spiro atoms. The number of aliphatic hydroxyl groups is 5. The van der Waals surface area contributed by atoms with E-state index < -0.39 is 49.5 Å². The van der Waals surface area contributed by atoms with E-state index in [1.54, 1.807) is 6.08 Å². The Morgan fingerprint density at radius 1 is 0.694 bits per heavy atom. The predicted molar refractivity (Wildman–Crippen MR) is 198 cm³/mol. The van der Waals surface area contributed by atoms with Crippen molar-refractivity contribution in [1.29, 1.82) is 0 Å². The maximum Gasteiger partial charge on any atom is 0.220 e. The van der Waals surface area contributed by atoms with Gasteiger partial charge in [0, 0.05) is 6.42 Å². The summed E-state index contributed by atoms with van der Waals surface area (Å²) >= 11 is 0. The van der Waals surface area contributed by atoms with Gasteiger partial charge in [-0.25, -0.2) is 0 Å². The van der Waals surface area contributed by atoms with Crippen molar-refractivity contribution >= 4 is 5.91 Å². The van der Waals surface area contributed by atoms with Crippen LogP contribution in [0.3, 0.4) is 0 Å². The van der Waals surface area contributed by atoms with Gasteiger partial charge in [0.1, 0.15) is 24.4 Å². The number of nitrogens with one attached hydrogen (secondary N) is 1. The number of unbranched alkanes of at least 4 members (excludes halogenated alkanes) is 11. The van der Waals surface area contributed by atoms with Crippen LogP contribution in [0, 0.1) is 0 Å².